The van der Waals surface area contributed by atoms with E-state index >= 15 is 0 Å². The lowest BCUT2D eigenvalue weighted by Gasteiger charge is -2.15. The highest BCUT2D eigenvalue weighted by molar-refractivity contribution is 5.70. The second kappa shape index (κ2) is 44.7. The van der Waals surface area contributed by atoms with Gasteiger partial charge >= 0.3 is 11.9 Å². The van der Waals surface area contributed by atoms with E-state index in [2.05, 4.69) is 86.8 Å². The van der Waals surface area contributed by atoms with Crippen molar-refractivity contribution >= 4 is 11.9 Å². The van der Waals surface area contributed by atoms with E-state index in [0.29, 0.717) is 12.8 Å². The molecule has 0 heterocycles. The monoisotopic (exact) mass is 753 g/mol. The van der Waals surface area contributed by atoms with Gasteiger partial charge in [0.25, 0.3) is 0 Å². The molecule has 1 atom stereocenters. The van der Waals surface area contributed by atoms with Crippen LogP contribution in [0.1, 0.15) is 206 Å². The van der Waals surface area contributed by atoms with E-state index in [9.17, 15) is 14.7 Å². The van der Waals surface area contributed by atoms with Crippen LogP contribution in [-0.2, 0) is 19.1 Å². The molecule has 1 N–H and O–H groups in total. The SMILES string of the molecule is CC/C=C\C/C=C\C/C=C\C/C=C\C/C=C\C/C=C\CCCCCCCCCCCCC(=O)OC(CO)COC(=O)CCCCCCCCCCCCC. The molecule has 0 fully saturated rings. The minimum atomic E-state index is -0.774. The summed E-state index contributed by atoms with van der Waals surface area (Å²) in [6.07, 6.45) is 59.8. The molecule has 0 aromatic heterocycles. The Kier molecular flexibility index (Phi) is 42.5. The van der Waals surface area contributed by atoms with Crippen molar-refractivity contribution in [1.29, 1.82) is 0 Å². The highest BCUT2D eigenvalue weighted by Gasteiger charge is 2.16. The number of aliphatic hydroxyl groups is 1. The zero-order valence-corrected chi connectivity index (χ0v) is 35.2. The molecule has 0 radical (unpaired) electrons. The molecule has 54 heavy (non-hydrogen) atoms. The Bertz CT molecular complexity index is 988. The molecular weight excluding hydrogens is 669 g/mol. The van der Waals surface area contributed by atoms with Crippen LogP contribution in [0.3, 0.4) is 0 Å². The summed E-state index contributed by atoms with van der Waals surface area (Å²) < 4.78 is 10.6. The second-order valence-corrected chi connectivity index (χ2v) is 14.8. The third-order valence-corrected chi connectivity index (χ3v) is 9.51. The van der Waals surface area contributed by atoms with Crippen LogP contribution in [0.25, 0.3) is 0 Å². The number of ether oxygens (including phenoxy) is 2. The topological polar surface area (TPSA) is 72.8 Å². The highest BCUT2D eigenvalue weighted by Crippen LogP contribution is 2.14. The summed E-state index contributed by atoms with van der Waals surface area (Å²) in [6, 6.07) is 0. The molecule has 0 aromatic carbocycles. The first-order valence-electron chi connectivity index (χ1n) is 22.5. The minimum Gasteiger partial charge on any atom is -0.462 e. The van der Waals surface area contributed by atoms with E-state index in [0.717, 1.165) is 77.0 Å². The quantitative estimate of drug-likeness (QED) is 0.0383. The van der Waals surface area contributed by atoms with Gasteiger partial charge in [0.15, 0.2) is 6.10 Å². The molecule has 5 nitrogen and oxygen atoms in total. The first-order valence-corrected chi connectivity index (χ1v) is 22.5. The largest absolute Gasteiger partial charge is 0.462 e. The summed E-state index contributed by atoms with van der Waals surface area (Å²) in [6.45, 7) is 4.01. The van der Waals surface area contributed by atoms with Crippen LogP contribution < -0.4 is 0 Å². The fourth-order valence-electron chi connectivity index (χ4n) is 6.15. The molecule has 0 amide bonds. The zero-order valence-electron chi connectivity index (χ0n) is 35.2. The van der Waals surface area contributed by atoms with Crippen molar-refractivity contribution in [3.63, 3.8) is 0 Å². The molecule has 0 spiro atoms. The van der Waals surface area contributed by atoms with Crippen LogP contribution in [0.4, 0.5) is 0 Å². The first kappa shape index (κ1) is 51.3. The van der Waals surface area contributed by atoms with Crippen molar-refractivity contribution in [2.45, 2.75) is 213 Å². The summed E-state index contributed by atoms with van der Waals surface area (Å²) in [4.78, 5) is 24.3. The van der Waals surface area contributed by atoms with Crippen molar-refractivity contribution in [3.8, 4) is 0 Å². The van der Waals surface area contributed by atoms with Gasteiger partial charge in [-0.3, -0.25) is 9.59 Å². The minimum absolute atomic E-state index is 0.0678. The van der Waals surface area contributed by atoms with E-state index < -0.39 is 6.10 Å². The van der Waals surface area contributed by atoms with Crippen LogP contribution in [0.5, 0.6) is 0 Å². The predicted octanol–water partition coefficient (Wildman–Crippen LogP) is 14.5. The van der Waals surface area contributed by atoms with Crippen LogP contribution in [0.2, 0.25) is 0 Å². The molecule has 0 aliphatic carbocycles. The number of carbonyl (C=O) groups is 2. The number of hydrogen-bond acceptors (Lipinski definition) is 5. The van der Waals surface area contributed by atoms with Crippen molar-refractivity contribution in [2.24, 2.45) is 0 Å². The number of hydrogen-bond donors (Lipinski definition) is 1. The standard InChI is InChI=1S/C49H84O5/c1-3-5-7-9-11-13-15-16-17-18-19-20-21-22-23-24-25-26-27-28-29-30-31-32-34-36-38-40-42-44-49(52)54-47(45-50)46-53-48(51)43-41-39-37-35-33-14-12-10-8-6-4-2/h5,7,11,13,16-17,19-20,22-23,25-26,47,50H,3-4,6,8-10,12,14-15,18,21,24,27-46H2,1-2H3/b7-5-,13-11-,17-16-,20-19-,23-22-,26-25-. The summed E-state index contributed by atoms with van der Waals surface area (Å²) in [7, 11) is 0. The van der Waals surface area contributed by atoms with E-state index in [4.69, 9.17) is 9.47 Å². The van der Waals surface area contributed by atoms with Gasteiger partial charge in [-0.15, -0.1) is 0 Å². The van der Waals surface area contributed by atoms with Crippen LogP contribution >= 0.6 is 0 Å². The maximum Gasteiger partial charge on any atom is 0.306 e. The van der Waals surface area contributed by atoms with Gasteiger partial charge < -0.3 is 14.6 Å². The lowest BCUT2D eigenvalue weighted by molar-refractivity contribution is -0.161. The van der Waals surface area contributed by atoms with E-state index in [1.807, 2.05) is 0 Å². The number of unbranched alkanes of at least 4 members (excludes halogenated alkanes) is 20. The third-order valence-electron chi connectivity index (χ3n) is 9.51. The Morgan fingerprint density at radius 1 is 0.444 bits per heavy atom. The molecule has 1 unspecified atom stereocenters. The van der Waals surface area contributed by atoms with Crippen LogP contribution in [-0.4, -0.2) is 36.4 Å². The maximum absolute atomic E-state index is 12.2. The van der Waals surface area contributed by atoms with Gasteiger partial charge in [0.2, 0.25) is 0 Å². The molecule has 0 aromatic rings. The molecule has 5 heteroatoms. The second-order valence-electron chi connectivity index (χ2n) is 14.8. The van der Waals surface area contributed by atoms with Crippen LogP contribution in [0.15, 0.2) is 72.9 Å². The number of aliphatic hydroxyl groups excluding tert-OH is 1. The fourth-order valence-corrected chi connectivity index (χ4v) is 6.15. The lowest BCUT2D eigenvalue weighted by Crippen LogP contribution is -2.28. The number of esters is 2. The molecule has 0 rings (SSSR count). The van der Waals surface area contributed by atoms with Crippen molar-refractivity contribution in [3.05, 3.63) is 72.9 Å². The Balaban J connectivity index is 3.55. The smallest absolute Gasteiger partial charge is 0.306 e. The van der Waals surface area contributed by atoms with Gasteiger partial charge in [-0.25, -0.2) is 0 Å². The molecule has 0 saturated carbocycles. The van der Waals surface area contributed by atoms with E-state index in [1.165, 1.54) is 103 Å². The molecule has 0 bridgehead atoms. The molecule has 0 saturated heterocycles. The van der Waals surface area contributed by atoms with Crippen LogP contribution in [0, 0.1) is 0 Å². The zero-order chi connectivity index (χ0) is 39.3. The van der Waals surface area contributed by atoms with E-state index in [1.54, 1.807) is 0 Å². The average Bonchev–Trinajstić information content (AvgIpc) is 3.17. The molecular formula is C49H84O5. The predicted molar refractivity (Wildman–Crippen MR) is 233 cm³/mol. The Labute approximate surface area is 333 Å². The lowest BCUT2D eigenvalue weighted by atomic mass is 10.0. The average molecular weight is 753 g/mol. The maximum atomic E-state index is 12.2. The summed E-state index contributed by atoms with van der Waals surface area (Å²) in [5.41, 5.74) is 0. The van der Waals surface area contributed by atoms with Gasteiger partial charge in [-0.05, 0) is 64.2 Å². The summed E-state index contributed by atoms with van der Waals surface area (Å²) in [5.74, 6) is -0.596. The van der Waals surface area contributed by atoms with Crippen molar-refractivity contribution in [1.82, 2.24) is 0 Å². The van der Waals surface area contributed by atoms with Gasteiger partial charge in [-0.2, -0.15) is 0 Å². The Morgan fingerprint density at radius 2 is 0.796 bits per heavy atom. The van der Waals surface area contributed by atoms with Crippen molar-refractivity contribution in [2.75, 3.05) is 13.2 Å². The fraction of sp³-hybridized carbons (Fsp3) is 0.714. The van der Waals surface area contributed by atoms with Crippen molar-refractivity contribution < 1.29 is 24.2 Å². The van der Waals surface area contributed by atoms with Gasteiger partial charge in [0.05, 0.1) is 6.61 Å². The number of rotatable bonds is 40. The number of allylic oxidation sites excluding steroid dienone is 12. The van der Waals surface area contributed by atoms with E-state index in [-0.39, 0.29) is 25.2 Å². The number of carbonyl (C=O) groups excluding carboxylic acids is 2. The third kappa shape index (κ3) is 42.1. The first-order chi connectivity index (χ1) is 26.6. The van der Waals surface area contributed by atoms with Gasteiger partial charge in [0, 0.05) is 12.8 Å². The Hall–Kier alpha value is -2.66. The summed E-state index contributed by atoms with van der Waals surface area (Å²) >= 11 is 0. The van der Waals surface area contributed by atoms with Gasteiger partial charge in [-0.1, -0.05) is 202 Å². The highest BCUT2D eigenvalue weighted by atomic mass is 16.6. The van der Waals surface area contributed by atoms with Gasteiger partial charge in [0.1, 0.15) is 6.61 Å². The normalized spacial score (nSPS) is 12.9. The summed E-state index contributed by atoms with van der Waals surface area (Å²) in [5, 5.41) is 9.57. The Morgan fingerprint density at radius 3 is 1.20 bits per heavy atom. The molecule has 0 aliphatic heterocycles. The molecule has 0 aliphatic rings. The molecule has 310 valence electrons.